The van der Waals surface area contributed by atoms with Crippen LogP contribution in [-0.2, 0) is 4.74 Å². The van der Waals surface area contributed by atoms with Gasteiger partial charge in [-0.2, -0.15) is 4.98 Å². The molecule has 8 heteroatoms. The molecular weight excluding hydrogens is 416 g/mol. The summed E-state index contributed by atoms with van der Waals surface area (Å²) in [5, 5.41) is 6.78. The molecule has 5 rings (SSSR count). The molecule has 0 spiro atoms. The number of nitrogens with zero attached hydrogens (tertiary/aromatic N) is 4. The highest BCUT2D eigenvalue weighted by Gasteiger charge is 2.24. The predicted molar refractivity (Wildman–Crippen MR) is 130 cm³/mol. The van der Waals surface area contributed by atoms with Gasteiger partial charge >= 0.3 is 0 Å². The molecule has 0 atom stereocenters. The lowest BCUT2D eigenvalue weighted by atomic mass is 10.2. The van der Waals surface area contributed by atoms with E-state index >= 15 is 0 Å². The van der Waals surface area contributed by atoms with Crippen LogP contribution in [0.15, 0.2) is 60.8 Å². The number of rotatable bonds is 9. The van der Waals surface area contributed by atoms with Gasteiger partial charge < -0.3 is 20.1 Å². The molecule has 8 nitrogen and oxygen atoms in total. The van der Waals surface area contributed by atoms with Crippen LogP contribution >= 0.6 is 0 Å². The number of hydrogen-bond donors (Lipinski definition) is 2. The lowest BCUT2D eigenvalue weighted by Crippen LogP contribution is -2.10. The number of benzene rings is 2. The van der Waals surface area contributed by atoms with Crippen LogP contribution in [0.4, 0.5) is 23.3 Å². The molecule has 2 heterocycles. The van der Waals surface area contributed by atoms with E-state index in [-0.39, 0.29) is 0 Å². The van der Waals surface area contributed by atoms with Crippen LogP contribution < -0.4 is 15.4 Å². The average molecular weight is 445 g/mol. The van der Waals surface area contributed by atoms with Gasteiger partial charge in [0.2, 0.25) is 11.9 Å². The van der Waals surface area contributed by atoms with E-state index in [9.17, 15) is 0 Å². The summed E-state index contributed by atoms with van der Waals surface area (Å²) in [5.74, 6) is 2.15. The number of anilines is 4. The van der Waals surface area contributed by atoms with Crippen molar-refractivity contribution in [3.63, 3.8) is 0 Å². The van der Waals surface area contributed by atoms with E-state index < -0.39 is 0 Å². The molecule has 0 saturated heterocycles. The normalized spacial score (nSPS) is 14.0. The minimum Gasteiger partial charge on any atom is -0.491 e. The lowest BCUT2D eigenvalue weighted by Gasteiger charge is -2.16. The molecule has 0 radical (unpaired) electrons. The molecule has 170 valence electrons. The van der Waals surface area contributed by atoms with Crippen molar-refractivity contribution >= 4 is 34.4 Å². The third-order valence-corrected chi connectivity index (χ3v) is 5.82. The topological polar surface area (TPSA) is 86.1 Å². The van der Waals surface area contributed by atoms with Crippen molar-refractivity contribution < 1.29 is 9.47 Å². The Morgan fingerprint density at radius 1 is 0.909 bits per heavy atom. The molecule has 2 N–H and O–H groups in total. The molecule has 2 aromatic heterocycles. The van der Waals surface area contributed by atoms with Gasteiger partial charge in [-0.3, -0.25) is 4.57 Å². The molecule has 2 aromatic carbocycles. The third kappa shape index (κ3) is 4.90. The molecule has 1 aliphatic rings. The lowest BCUT2D eigenvalue weighted by molar-refractivity contribution is 0.146. The SMILES string of the molecule is COCCOc1ccc(Nc2ncc3nc(Nc4ccccc4)n(C4CCCC4)c3n2)cc1. The quantitative estimate of drug-likeness (QED) is 0.332. The highest BCUT2D eigenvalue weighted by molar-refractivity contribution is 5.77. The highest BCUT2D eigenvalue weighted by atomic mass is 16.5. The van der Waals surface area contributed by atoms with Crippen LogP contribution in [0.2, 0.25) is 0 Å². The smallest absolute Gasteiger partial charge is 0.229 e. The summed E-state index contributed by atoms with van der Waals surface area (Å²) in [6.45, 7) is 1.08. The first-order chi connectivity index (χ1) is 16.3. The highest BCUT2D eigenvalue weighted by Crippen LogP contribution is 2.35. The summed E-state index contributed by atoms with van der Waals surface area (Å²) >= 11 is 0. The van der Waals surface area contributed by atoms with Gasteiger partial charge in [-0.15, -0.1) is 0 Å². The van der Waals surface area contributed by atoms with Gasteiger partial charge in [0.15, 0.2) is 5.65 Å². The van der Waals surface area contributed by atoms with Crippen LogP contribution in [0, 0.1) is 0 Å². The van der Waals surface area contributed by atoms with Crippen LogP contribution in [0.25, 0.3) is 11.2 Å². The zero-order valence-electron chi connectivity index (χ0n) is 18.7. The van der Waals surface area contributed by atoms with E-state index in [1.54, 1.807) is 13.3 Å². The Morgan fingerprint density at radius 2 is 1.67 bits per heavy atom. The molecule has 33 heavy (non-hydrogen) atoms. The Hall–Kier alpha value is -3.65. The van der Waals surface area contributed by atoms with Crippen LogP contribution in [0.1, 0.15) is 31.7 Å². The summed E-state index contributed by atoms with van der Waals surface area (Å²) in [5.41, 5.74) is 3.53. The Bertz CT molecular complexity index is 1190. The standard InChI is InChI=1S/C25H28N6O2/c1-32-15-16-33-21-13-11-19(12-14-21)27-24-26-17-22-23(30-24)31(20-9-5-6-10-20)25(29-22)28-18-7-3-2-4-8-18/h2-4,7-8,11-14,17,20H,5-6,9-10,15-16H2,1H3,(H,28,29)(H,26,27,30). The largest absolute Gasteiger partial charge is 0.491 e. The van der Waals surface area contributed by atoms with E-state index in [0.717, 1.165) is 47.1 Å². The molecule has 4 aromatic rings. The van der Waals surface area contributed by atoms with Gasteiger partial charge in [-0.1, -0.05) is 31.0 Å². The molecule has 0 unspecified atom stereocenters. The summed E-state index contributed by atoms with van der Waals surface area (Å²) in [4.78, 5) is 14.2. The Labute approximate surface area is 193 Å². The summed E-state index contributed by atoms with van der Waals surface area (Å²) < 4.78 is 12.9. The van der Waals surface area contributed by atoms with Crippen LogP contribution in [0.5, 0.6) is 5.75 Å². The van der Waals surface area contributed by atoms with Crippen molar-refractivity contribution in [3.8, 4) is 5.75 Å². The first-order valence-corrected chi connectivity index (χ1v) is 11.4. The number of para-hydroxylation sites is 1. The first-order valence-electron chi connectivity index (χ1n) is 11.4. The fraction of sp³-hybridized carbons (Fsp3) is 0.320. The second-order valence-electron chi connectivity index (χ2n) is 8.13. The second kappa shape index (κ2) is 9.87. The predicted octanol–water partition coefficient (Wildman–Crippen LogP) is 5.45. The second-order valence-corrected chi connectivity index (χ2v) is 8.13. The molecule has 1 saturated carbocycles. The summed E-state index contributed by atoms with van der Waals surface area (Å²) in [7, 11) is 1.66. The molecule has 0 amide bonds. The summed E-state index contributed by atoms with van der Waals surface area (Å²) in [6, 6.07) is 18.2. The fourth-order valence-electron chi connectivity index (χ4n) is 4.20. The van der Waals surface area contributed by atoms with E-state index in [0.29, 0.717) is 25.2 Å². The van der Waals surface area contributed by atoms with Gasteiger partial charge in [0, 0.05) is 24.5 Å². The van der Waals surface area contributed by atoms with Gasteiger partial charge in [-0.25, -0.2) is 9.97 Å². The van der Waals surface area contributed by atoms with Crippen molar-refractivity contribution in [1.82, 2.24) is 19.5 Å². The van der Waals surface area contributed by atoms with E-state index in [1.165, 1.54) is 12.8 Å². The number of ether oxygens (including phenoxy) is 2. The molecule has 1 aliphatic carbocycles. The molecule has 0 aliphatic heterocycles. The average Bonchev–Trinajstić information content (AvgIpc) is 3.48. The zero-order chi connectivity index (χ0) is 22.5. The third-order valence-electron chi connectivity index (χ3n) is 5.82. The number of aromatic nitrogens is 4. The number of fused-ring (bicyclic) bond motifs is 1. The maximum absolute atomic E-state index is 5.63. The maximum Gasteiger partial charge on any atom is 0.229 e. The van der Waals surface area contributed by atoms with Crippen molar-refractivity contribution in [3.05, 3.63) is 60.8 Å². The Balaban J connectivity index is 1.41. The Kier molecular flexibility index (Phi) is 6.34. The molecular formula is C25H28N6O2. The molecule has 1 fully saturated rings. The minimum absolute atomic E-state index is 0.382. The minimum atomic E-state index is 0.382. The Morgan fingerprint density at radius 3 is 2.42 bits per heavy atom. The monoisotopic (exact) mass is 444 g/mol. The van der Waals surface area contributed by atoms with Crippen LogP contribution in [-0.4, -0.2) is 39.8 Å². The van der Waals surface area contributed by atoms with E-state index in [2.05, 4.69) is 20.2 Å². The fourth-order valence-corrected chi connectivity index (χ4v) is 4.20. The number of nitrogens with one attached hydrogen (secondary N) is 2. The van der Waals surface area contributed by atoms with Crippen molar-refractivity contribution in [2.24, 2.45) is 0 Å². The summed E-state index contributed by atoms with van der Waals surface area (Å²) in [6.07, 6.45) is 6.50. The van der Waals surface area contributed by atoms with E-state index in [4.69, 9.17) is 19.4 Å². The van der Waals surface area contributed by atoms with Crippen molar-refractivity contribution in [2.45, 2.75) is 31.7 Å². The van der Waals surface area contributed by atoms with Crippen molar-refractivity contribution in [1.29, 1.82) is 0 Å². The van der Waals surface area contributed by atoms with Gasteiger partial charge in [-0.05, 0) is 49.2 Å². The zero-order valence-corrected chi connectivity index (χ0v) is 18.7. The first kappa shape index (κ1) is 21.2. The maximum atomic E-state index is 5.63. The number of imidazole rings is 1. The van der Waals surface area contributed by atoms with Gasteiger partial charge in [0.05, 0.1) is 12.8 Å². The number of hydrogen-bond acceptors (Lipinski definition) is 7. The van der Waals surface area contributed by atoms with Gasteiger partial charge in [0.25, 0.3) is 0 Å². The van der Waals surface area contributed by atoms with Crippen LogP contribution in [0.3, 0.4) is 0 Å². The number of methoxy groups -OCH3 is 1. The van der Waals surface area contributed by atoms with Crippen molar-refractivity contribution in [2.75, 3.05) is 31.0 Å². The van der Waals surface area contributed by atoms with Gasteiger partial charge in [0.1, 0.15) is 17.9 Å². The molecule has 0 bridgehead atoms. The van der Waals surface area contributed by atoms with E-state index in [1.807, 2.05) is 54.6 Å².